The third kappa shape index (κ3) is 7.75. The highest BCUT2D eigenvalue weighted by molar-refractivity contribution is 14.0. The number of nitrogens with zero attached hydrogens (tertiary/aromatic N) is 2. The summed E-state index contributed by atoms with van der Waals surface area (Å²) in [6.07, 6.45) is 0. The number of aliphatic imine (C=N–C) groups is 1. The maximum atomic E-state index is 6.11. The molecule has 3 N–H and O–H groups in total. The van der Waals surface area contributed by atoms with E-state index in [0.717, 1.165) is 55.4 Å². The van der Waals surface area contributed by atoms with Crippen LogP contribution in [0.4, 0.5) is 5.69 Å². The smallest absolute Gasteiger partial charge is 0.193 e. The minimum Gasteiger partial charge on any atom is -0.492 e. The Kier molecular flexibility index (Phi) is 10.9. The van der Waals surface area contributed by atoms with Crippen LogP contribution >= 0.6 is 24.0 Å². The molecule has 1 saturated heterocycles. The molecule has 1 aliphatic heterocycles. The van der Waals surface area contributed by atoms with Crippen molar-refractivity contribution in [3.63, 3.8) is 0 Å². The summed E-state index contributed by atoms with van der Waals surface area (Å²) in [5, 5.41) is 3.16. The zero-order valence-corrected chi connectivity index (χ0v) is 19.7. The van der Waals surface area contributed by atoms with E-state index < -0.39 is 0 Å². The second kappa shape index (κ2) is 13.4. The summed E-state index contributed by atoms with van der Waals surface area (Å²) in [6.45, 7) is 6.00. The van der Waals surface area contributed by atoms with Gasteiger partial charge in [0.05, 0.1) is 26.4 Å². The van der Waals surface area contributed by atoms with Gasteiger partial charge in [-0.05, 0) is 12.1 Å². The lowest BCUT2D eigenvalue weighted by Crippen LogP contribution is -2.38. The van der Waals surface area contributed by atoms with Crippen LogP contribution in [0.3, 0.4) is 0 Å². The molecule has 0 amide bonds. The van der Waals surface area contributed by atoms with Gasteiger partial charge in [0.25, 0.3) is 0 Å². The molecule has 0 aliphatic carbocycles. The summed E-state index contributed by atoms with van der Waals surface area (Å²) in [5.74, 6) is 1.20. The summed E-state index contributed by atoms with van der Waals surface area (Å²) >= 11 is 0. The van der Waals surface area contributed by atoms with E-state index >= 15 is 0 Å². The van der Waals surface area contributed by atoms with Crippen molar-refractivity contribution in [2.75, 3.05) is 51.9 Å². The highest BCUT2D eigenvalue weighted by Gasteiger charge is 2.10. The molecule has 1 fully saturated rings. The Balaban J connectivity index is 0.00000320. The third-order valence-electron chi connectivity index (χ3n) is 4.74. The van der Waals surface area contributed by atoms with E-state index in [-0.39, 0.29) is 24.0 Å². The highest BCUT2D eigenvalue weighted by Crippen LogP contribution is 2.19. The van der Waals surface area contributed by atoms with Crippen molar-refractivity contribution in [1.82, 2.24) is 4.90 Å². The van der Waals surface area contributed by atoms with E-state index in [1.807, 2.05) is 48.5 Å². The number of nitrogens with two attached hydrogens (primary N) is 1. The number of ether oxygens (including phenoxy) is 3. The largest absolute Gasteiger partial charge is 0.492 e. The molecule has 2 aromatic carbocycles. The standard InChI is InChI=1S/C22H30N4O3.HI/c1-27-17-19-7-2-4-8-20(19)25-22(23)24-16-18-6-3-5-9-21(18)29-15-12-26-10-13-28-14-11-26;/h2-9H,10-17H2,1H3,(H3,23,24,25);1H. The fourth-order valence-corrected chi connectivity index (χ4v) is 3.16. The minimum absolute atomic E-state index is 0. The molecule has 7 nitrogen and oxygen atoms in total. The number of para-hydroxylation sites is 2. The Hall–Kier alpha value is -1.88. The van der Waals surface area contributed by atoms with Crippen molar-refractivity contribution < 1.29 is 14.2 Å². The van der Waals surface area contributed by atoms with Crippen molar-refractivity contribution >= 4 is 35.6 Å². The van der Waals surface area contributed by atoms with Gasteiger partial charge in [0.15, 0.2) is 5.96 Å². The number of hydrogen-bond acceptors (Lipinski definition) is 5. The van der Waals surface area contributed by atoms with Crippen molar-refractivity contribution in [2.24, 2.45) is 10.7 Å². The number of hydrogen-bond donors (Lipinski definition) is 2. The number of guanidine groups is 1. The first-order valence-corrected chi connectivity index (χ1v) is 9.91. The molecule has 0 radical (unpaired) electrons. The summed E-state index contributed by atoms with van der Waals surface area (Å²) < 4.78 is 16.6. The Morgan fingerprint density at radius 1 is 1.10 bits per heavy atom. The molecule has 0 aromatic heterocycles. The van der Waals surface area contributed by atoms with Gasteiger partial charge in [-0.2, -0.15) is 0 Å². The van der Waals surface area contributed by atoms with Crippen LogP contribution in [0.15, 0.2) is 53.5 Å². The number of benzene rings is 2. The topological polar surface area (TPSA) is 81.3 Å². The number of morpholine rings is 1. The van der Waals surface area contributed by atoms with E-state index in [9.17, 15) is 0 Å². The zero-order valence-electron chi connectivity index (χ0n) is 17.4. The quantitative estimate of drug-likeness (QED) is 0.297. The second-order valence-electron chi connectivity index (χ2n) is 6.83. The molecular formula is C22H31IN4O3. The van der Waals surface area contributed by atoms with Gasteiger partial charge in [0.1, 0.15) is 12.4 Å². The molecule has 2 aromatic rings. The molecule has 0 bridgehead atoms. The van der Waals surface area contributed by atoms with Crippen LogP contribution in [0.25, 0.3) is 0 Å². The van der Waals surface area contributed by atoms with Crippen LogP contribution < -0.4 is 15.8 Å². The molecule has 8 heteroatoms. The van der Waals surface area contributed by atoms with Crippen LogP contribution in [-0.2, 0) is 22.6 Å². The SMILES string of the molecule is COCc1ccccc1NC(N)=NCc1ccccc1OCCN1CCOCC1.I. The molecular weight excluding hydrogens is 495 g/mol. The molecule has 30 heavy (non-hydrogen) atoms. The molecule has 0 saturated carbocycles. The Morgan fingerprint density at radius 3 is 2.57 bits per heavy atom. The first kappa shape index (κ1) is 24.4. The Morgan fingerprint density at radius 2 is 1.80 bits per heavy atom. The predicted molar refractivity (Wildman–Crippen MR) is 131 cm³/mol. The number of rotatable bonds is 9. The monoisotopic (exact) mass is 526 g/mol. The van der Waals surface area contributed by atoms with Crippen molar-refractivity contribution in [2.45, 2.75) is 13.2 Å². The Bertz CT molecular complexity index is 797. The van der Waals surface area contributed by atoms with E-state index in [0.29, 0.717) is 25.7 Å². The van der Waals surface area contributed by atoms with Crippen molar-refractivity contribution in [1.29, 1.82) is 0 Å². The number of anilines is 1. The van der Waals surface area contributed by atoms with Crippen molar-refractivity contribution in [3.05, 3.63) is 59.7 Å². The average molecular weight is 526 g/mol. The van der Waals surface area contributed by atoms with Crippen LogP contribution in [0.5, 0.6) is 5.75 Å². The Labute approximate surface area is 195 Å². The predicted octanol–water partition coefficient (Wildman–Crippen LogP) is 3.09. The third-order valence-corrected chi connectivity index (χ3v) is 4.74. The van der Waals surface area contributed by atoms with E-state index in [1.165, 1.54) is 0 Å². The molecule has 0 spiro atoms. The van der Waals surface area contributed by atoms with Gasteiger partial charge in [-0.25, -0.2) is 4.99 Å². The summed E-state index contributed by atoms with van der Waals surface area (Å²) in [7, 11) is 1.67. The van der Waals surface area contributed by atoms with Gasteiger partial charge in [-0.1, -0.05) is 36.4 Å². The highest BCUT2D eigenvalue weighted by atomic mass is 127. The second-order valence-corrected chi connectivity index (χ2v) is 6.83. The van der Waals surface area contributed by atoms with Crippen LogP contribution in [0.2, 0.25) is 0 Å². The van der Waals surface area contributed by atoms with Crippen LogP contribution in [-0.4, -0.2) is 57.4 Å². The summed E-state index contributed by atoms with van der Waals surface area (Å²) in [6, 6.07) is 15.8. The lowest BCUT2D eigenvalue weighted by molar-refractivity contribution is 0.0322. The van der Waals surface area contributed by atoms with Gasteiger partial charge in [-0.3, -0.25) is 4.90 Å². The fraction of sp³-hybridized carbons (Fsp3) is 0.409. The van der Waals surface area contributed by atoms with Crippen LogP contribution in [0, 0.1) is 0 Å². The van der Waals surface area contributed by atoms with Crippen molar-refractivity contribution in [3.8, 4) is 5.75 Å². The van der Waals surface area contributed by atoms with E-state index in [2.05, 4.69) is 15.2 Å². The van der Waals surface area contributed by atoms with E-state index in [1.54, 1.807) is 7.11 Å². The molecule has 0 atom stereocenters. The molecule has 1 aliphatic rings. The van der Waals surface area contributed by atoms with E-state index in [4.69, 9.17) is 19.9 Å². The van der Waals surface area contributed by atoms with Gasteiger partial charge in [0.2, 0.25) is 0 Å². The van der Waals surface area contributed by atoms with Crippen LogP contribution in [0.1, 0.15) is 11.1 Å². The average Bonchev–Trinajstić information content (AvgIpc) is 2.75. The molecule has 164 valence electrons. The first-order valence-electron chi connectivity index (χ1n) is 9.91. The maximum absolute atomic E-state index is 6.11. The summed E-state index contributed by atoms with van der Waals surface area (Å²) in [4.78, 5) is 6.84. The minimum atomic E-state index is 0. The maximum Gasteiger partial charge on any atom is 0.193 e. The van der Waals surface area contributed by atoms with Gasteiger partial charge >= 0.3 is 0 Å². The number of methoxy groups -OCH3 is 1. The van der Waals surface area contributed by atoms with Gasteiger partial charge in [-0.15, -0.1) is 24.0 Å². The lowest BCUT2D eigenvalue weighted by atomic mass is 10.2. The molecule has 3 rings (SSSR count). The normalized spacial score (nSPS) is 14.8. The molecule has 0 unspecified atom stereocenters. The number of halogens is 1. The zero-order chi connectivity index (χ0) is 20.3. The van der Waals surface area contributed by atoms with Gasteiger partial charge < -0.3 is 25.3 Å². The lowest BCUT2D eigenvalue weighted by Gasteiger charge is -2.26. The first-order chi connectivity index (χ1) is 14.3. The number of nitrogens with one attached hydrogen (secondary N) is 1. The fourth-order valence-electron chi connectivity index (χ4n) is 3.16. The summed E-state index contributed by atoms with van der Waals surface area (Å²) in [5.41, 5.74) is 9.03. The molecule has 1 heterocycles. The van der Waals surface area contributed by atoms with Gasteiger partial charge in [0, 0.05) is 43.6 Å².